The van der Waals surface area contributed by atoms with E-state index in [2.05, 4.69) is 20.3 Å². The van der Waals surface area contributed by atoms with Gasteiger partial charge in [-0.05, 0) is 0 Å². The maximum atomic E-state index is 11.9. The van der Waals surface area contributed by atoms with Crippen molar-refractivity contribution in [3.05, 3.63) is 16.7 Å². The lowest BCUT2D eigenvalue weighted by Gasteiger charge is -2.33. The second kappa shape index (κ2) is 5.75. The Morgan fingerprint density at radius 1 is 1.62 bits per heavy atom. The van der Waals surface area contributed by atoms with E-state index in [4.69, 9.17) is 22.7 Å². The predicted octanol–water partition coefficient (Wildman–Crippen LogP) is -2.99. The van der Waals surface area contributed by atoms with Crippen molar-refractivity contribution in [2.24, 2.45) is 0 Å². The van der Waals surface area contributed by atoms with Crippen molar-refractivity contribution in [1.29, 1.82) is 0 Å². The summed E-state index contributed by atoms with van der Waals surface area (Å²) in [6.45, 7) is -0.547. The van der Waals surface area contributed by atoms with Crippen LogP contribution in [0.4, 0.5) is 5.95 Å². The number of nitrogens with two attached hydrogens (primary N) is 1. The third-order valence-electron chi connectivity index (χ3n) is 3.95. The van der Waals surface area contributed by atoms with Crippen molar-refractivity contribution < 1.29 is 20.1 Å². The number of rotatable bonds is 3. The molecule has 2 aromatic heterocycles. The zero-order chi connectivity index (χ0) is 17.6. The summed E-state index contributed by atoms with van der Waals surface area (Å²) >= 11 is 5.25. The number of anilines is 1. The molecule has 3 rings (SSSR count). The highest BCUT2D eigenvalue weighted by Gasteiger charge is 2.58. The van der Waals surface area contributed by atoms with Crippen molar-refractivity contribution in [3.63, 3.8) is 0 Å². The molecule has 24 heavy (non-hydrogen) atoms. The van der Waals surface area contributed by atoms with E-state index in [1.54, 1.807) is 0 Å². The maximum Gasteiger partial charge on any atom is 0.280 e. The SMILES string of the molecule is CNC(=S)[C@@]1(n2cnc3c(=O)[nH]c(N)nc32)O[C@H](CO)[C@@H](O)[C@H]1O. The molecule has 1 fully saturated rings. The van der Waals surface area contributed by atoms with Gasteiger partial charge >= 0.3 is 0 Å². The molecule has 0 bridgehead atoms. The minimum absolute atomic E-state index is 0.00459. The normalized spacial score (nSPS) is 29.9. The van der Waals surface area contributed by atoms with Crippen LogP contribution in [0.15, 0.2) is 11.1 Å². The fourth-order valence-corrected chi connectivity index (χ4v) is 3.06. The lowest BCUT2D eigenvalue weighted by molar-refractivity contribution is -0.0950. The molecule has 4 atom stereocenters. The molecule has 7 N–H and O–H groups in total. The molecule has 1 aliphatic heterocycles. The average Bonchev–Trinajstić information content (AvgIpc) is 3.08. The number of H-pyrrole nitrogens is 1. The Hall–Kier alpha value is -2.12. The minimum Gasteiger partial charge on any atom is -0.394 e. The van der Waals surface area contributed by atoms with Crippen LogP contribution < -0.4 is 16.6 Å². The number of thiocarbonyl (C=S) groups is 1. The Balaban J connectivity index is 2.30. The van der Waals surface area contributed by atoms with Gasteiger partial charge in [-0.3, -0.25) is 14.3 Å². The molecule has 0 radical (unpaired) electrons. The summed E-state index contributed by atoms with van der Waals surface area (Å²) in [5, 5.41) is 32.8. The zero-order valence-corrected chi connectivity index (χ0v) is 13.3. The molecule has 1 saturated heterocycles. The molecule has 0 amide bonds. The standard InChI is InChI=1S/C12H16N6O5S/c1-14-10(24)12(7(21)6(20)4(2-19)23-12)18-3-15-5-8(18)16-11(13)17-9(5)22/h3-4,6-7,19-21H,2H2,1H3,(H,14,24)(H3,13,16,17,22)/t4-,6-,7-,12+/m1/s1. The van der Waals surface area contributed by atoms with Crippen LogP contribution in [0.1, 0.15) is 0 Å². The number of hydrogen-bond donors (Lipinski definition) is 6. The Kier molecular flexibility index (Phi) is 4.01. The van der Waals surface area contributed by atoms with Crippen LogP contribution in [0.3, 0.4) is 0 Å². The molecule has 2 aromatic rings. The van der Waals surface area contributed by atoms with E-state index in [9.17, 15) is 20.1 Å². The number of nitrogens with one attached hydrogen (secondary N) is 2. The highest BCUT2D eigenvalue weighted by Crippen LogP contribution is 2.38. The summed E-state index contributed by atoms with van der Waals surface area (Å²) in [4.78, 5) is 22.2. The quantitative estimate of drug-likeness (QED) is 0.312. The summed E-state index contributed by atoms with van der Waals surface area (Å²) < 4.78 is 6.90. The number of aromatic amines is 1. The van der Waals surface area contributed by atoms with Crippen molar-refractivity contribution in [2.75, 3.05) is 19.4 Å². The van der Waals surface area contributed by atoms with E-state index in [-0.39, 0.29) is 22.1 Å². The van der Waals surface area contributed by atoms with Gasteiger partial charge in [0, 0.05) is 7.05 Å². The summed E-state index contributed by atoms with van der Waals surface area (Å²) in [7, 11) is 1.51. The maximum absolute atomic E-state index is 11.9. The Bertz CT molecular complexity index is 852. The minimum atomic E-state index is -1.81. The smallest absolute Gasteiger partial charge is 0.280 e. The number of nitrogen functional groups attached to an aromatic ring is 1. The molecule has 0 unspecified atom stereocenters. The van der Waals surface area contributed by atoms with E-state index >= 15 is 0 Å². The van der Waals surface area contributed by atoms with Gasteiger partial charge in [-0.1, -0.05) is 12.2 Å². The van der Waals surface area contributed by atoms with Crippen molar-refractivity contribution in [3.8, 4) is 0 Å². The van der Waals surface area contributed by atoms with Gasteiger partial charge in [-0.15, -0.1) is 0 Å². The second-order valence-electron chi connectivity index (χ2n) is 5.29. The van der Waals surface area contributed by atoms with Crippen LogP contribution in [0.25, 0.3) is 11.2 Å². The molecular formula is C12H16N6O5S. The Morgan fingerprint density at radius 2 is 2.33 bits per heavy atom. The number of imidazole rings is 1. The molecule has 3 heterocycles. The van der Waals surface area contributed by atoms with Crippen LogP contribution in [0, 0.1) is 0 Å². The number of likely N-dealkylation sites (N-methyl/N-ethyl adjacent to an activating group) is 1. The first-order valence-electron chi connectivity index (χ1n) is 6.97. The van der Waals surface area contributed by atoms with Crippen molar-refractivity contribution >= 4 is 34.3 Å². The lowest BCUT2D eigenvalue weighted by Crippen LogP contribution is -2.54. The van der Waals surface area contributed by atoms with Gasteiger partial charge in [0.2, 0.25) is 11.7 Å². The molecule has 1 aliphatic rings. The zero-order valence-electron chi connectivity index (χ0n) is 12.5. The number of aromatic nitrogens is 4. The van der Waals surface area contributed by atoms with E-state index < -0.39 is 36.2 Å². The van der Waals surface area contributed by atoms with Gasteiger partial charge in [0.05, 0.1) is 6.61 Å². The molecule has 0 aromatic carbocycles. The largest absolute Gasteiger partial charge is 0.394 e. The summed E-state index contributed by atoms with van der Waals surface area (Å²) in [5.41, 5.74) is 3.16. The number of nitrogens with zero attached hydrogens (tertiary/aromatic N) is 3. The van der Waals surface area contributed by atoms with Crippen LogP contribution in [-0.2, 0) is 10.5 Å². The third kappa shape index (κ3) is 2.12. The van der Waals surface area contributed by atoms with Gasteiger partial charge in [-0.25, -0.2) is 4.98 Å². The fraction of sp³-hybridized carbons (Fsp3) is 0.500. The van der Waals surface area contributed by atoms with Crippen molar-refractivity contribution in [1.82, 2.24) is 24.8 Å². The lowest BCUT2D eigenvalue weighted by atomic mass is 10.0. The Morgan fingerprint density at radius 3 is 2.92 bits per heavy atom. The number of ether oxygens (including phenoxy) is 1. The van der Waals surface area contributed by atoms with Crippen molar-refractivity contribution in [2.45, 2.75) is 24.0 Å². The fourth-order valence-electron chi connectivity index (χ4n) is 2.80. The van der Waals surface area contributed by atoms with Crippen LogP contribution >= 0.6 is 12.2 Å². The average molecular weight is 356 g/mol. The van der Waals surface area contributed by atoms with Gasteiger partial charge in [0.25, 0.3) is 5.56 Å². The number of aliphatic hydroxyl groups is 3. The molecular weight excluding hydrogens is 340 g/mol. The number of hydrogen-bond acceptors (Lipinski definition) is 9. The summed E-state index contributed by atoms with van der Waals surface area (Å²) in [6.07, 6.45) is -2.86. The van der Waals surface area contributed by atoms with E-state index in [1.165, 1.54) is 17.9 Å². The Labute approximate surface area is 140 Å². The number of aliphatic hydroxyl groups excluding tert-OH is 3. The highest BCUT2D eigenvalue weighted by atomic mass is 32.1. The number of fused-ring (bicyclic) bond motifs is 1. The van der Waals surface area contributed by atoms with E-state index in [0.29, 0.717) is 0 Å². The topological polar surface area (TPSA) is 172 Å². The van der Waals surface area contributed by atoms with Crippen LogP contribution in [0.5, 0.6) is 0 Å². The van der Waals surface area contributed by atoms with Gasteiger partial charge in [0.1, 0.15) is 29.6 Å². The van der Waals surface area contributed by atoms with Crippen LogP contribution in [0.2, 0.25) is 0 Å². The third-order valence-corrected chi connectivity index (χ3v) is 4.45. The molecule has 11 nitrogen and oxygen atoms in total. The van der Waals surface area contributed by atoms with E-state index in [0.717, 1.165) is 0 Å². The second-order valence-corrected chi connectivity index (χ2v) is 5.70. The molecule has 12 heteroatoms. The highest BCUT2D eigenvalue weighted by molar-refractivity contribution is 7.80. The van der Waals surface area contributed by atoms with Gasteiger partial charge < -0.3 is 31.1 Å². The predicted molar refractivity (Wildman–Crippen MR) is 86.2 cm³/mol. The first kappa shape index (κ1) is 16.7. The van der Waals surface area contributed by atoms with Gasteiger partial charge in [0.15, 0.2) is 11.2 Å². The summed E-state index contributed by atoms with van der Waals surface area (Å²) in [5.74, 6) is -0.161. The first-order valence-corrected chi connectivity index (χ1v) is 7.38. The van der Waals surface area contributed by atoms with Crippen LogP contribution in [-0.4, -0.2) is 71.8 Å². The molecule has 0 spiro atoms. The van der Waals surface area contributed by atoms with Gasteiger partial charge in [-0.2, -0.15) is 4.98 Å². The summed E-state index contributed by atoms with van der Waals surface area (Å²) in [6, 6.07) is 0. The first-order chi connectivity index (χ1) is 11.4. The molecule has 130 valence electrons. The monoisotopic (exact) mass is 356 g/mol. The molecule has 0 saturated carbocycles. The van der Waals surface area contributed by atoms with E-state index in [1.807, 2.05) is 0 Å². The molecule has 0 aliphatic carbocycles.